The molecule has 0 radical (unpaired) electrons. The van der Waals surface area contributed by atoms with Gasteiger partial charge in [0.15, 0.2) is 0 Å². The molecule has 1 aliphatic heterocycles. The summed E-state index contributed by atoms with van der Waals surface area (Å²) in [5.41, 5.74) is 5.59. The van der Waals surface area contributed by atoms with Crippen molar-refractivity contribution in [2.24, 2.45) is 11.7 Å². The van der Waals surface area contributed by atoms with Crippen LogP contribution in [0.4, 0.5) is 0 Å². The summed E-state index contributed by atoms with van der Waals surface area (Å²) in [5.74, 6) is 0.967. The van der Waals surface area contributed by atoms with E-state index in [2.05, 4.69) is 4.90 Å². The number of nitrogens with zero attached hydrogens (tertiary/aromatic N) is 2. The lowest BCUT2D eigenvalue weighted by Gasteiger charge is -2.32. The second-order valence-corrected chi connectivity index (χ2v) is 4.92. The Morgan fingerprint density at radius 3 is 2.88 bits per heavy atom. The zero-order valence-electron chi connectivity index (χ0n) is 10.6. The van der Waals surface area contributed by atoms with E-state index in [1.165, 1.54) is 12.8 Å². The first kappa shape index (κ1) is 13.5. The van der Waals surface area contributed by atoms with E-state index in [-0.39, 0.29) is 5.91 Å². The molecule has 0 aromatic heterocycles. The van der Waals surface area contributed by atoms with Gasteiger partial charge in [0.25, 0.3) is 0 Å². The molecule has 0 aromatic carbocycles. The van der Waals surface area contributed by atoms with Crippen LogP contribution in [0.5, 0.6) is 0 Å². The minimum absolute atomic E-state index is 0.223. The summed E-state index contributed by atoms with van der Waals surface area (Å²) < 4.78 is 0. The molecule has 1 heterocycles. The third-order valence-corrected chi connectivity index (χ3v) is 3.32. The number of nitrogens with two attached hydrogens (primary N) is 1. The van der Waals surface area contributed by atoms with Gasteiger partial charge in [0, 0.05) is 33.6 Å². The normalized spacial score (nSPS) is 22.1. The maximum Gasteiger partial charge on any atom is 0.223 e. The quantitative estimate of drug-likeness (QED) is 0.745. The maximum atomic E-state index is 11.5. The van der Waals surface area contributed by atoms with Crippen molar-refractivity contribution in [3.8, 4) is 0 Å². The van der Waals surface area contributed by atoms with Gasteiger partial charge in [-0.1, -0.05) is 0 Å². The van der Waals surface area contributed by atoms with Gasteiger partial charge in [-0.2, -0.15) is 0 Å². The Bertz CT molecular complexity index is 216. The molecule has 94 valence electrons. The molecule has 1 amide bonds. The standard InChI is InChI=1S/C12H25N3O/c1-14(2)12(16)6-9-15-8-3-4-11(10-15)5-7-13/h11H,3-10,13H2,1-2H3. The molecule has 2 N–H and O–H groups in total. The first-order chi connectivity index (χ1) is 7.63. The van der Waals surface area contributed by atoms with E-state index < -0.39 is 0 Å². The molecular weight excluding hydrogens is 202 g/mol. The van der Waals surface area contributed by atoms with Gasteiger partial charge in [0.2, 0.25) is 5.91 Å². The largest absolute Gasteiger partial charge is 0.349 e. The second-order valence-electron chi connectivity index (χ2n) is 4.92. The third kappa shape index (κ3) is 4.49. The van der Waals surface area contributed by atoms with Crippen LogP contribution in [-0.2, 0) is 4.79 Å². The van der Waals surface area contributed by atoms with Crippen LogP contribution in [0, 0.1) is 5.92 Å². The van der Waals surface area contributed by atoms with Gasteiger partial charge in [-0.05, 0) is 38.3 Å². The van der Waals surface area contributed by atoms with E-state index in [0.717, 1.165) is 38.5 Å². The Morgan fingerprint density at radius 2 is 2.25 bits per heavy atom. The van der Waals surface area contributed by atoms with Crippen LogP contribution in [0.15, 0.2) is 0 Å². The molecule has 4 nitrogen and oxygen atoms in total. The lowest BCUT2D eigenvalue weighted by atomic mass is 9.95. The fourth-order valence-corrected chi connectivity index (χ4v) is 2.30. The van der Waals surface area contributed by atoms with E-state index in [0.29, 0.717) is 6.42 Å². The van der Waals surface area contributed by atoms with Crippen molar-refractivity contribution in [1.82, 2.24) is 9.80 Å². The molecular formula is C12H25N3O. The van der Waals surface area contributed by atoms with Crippen molar-refractivity contribution >= 4 is 5.91 Å². The summed E-state index contributed by atoms with van der Waals surface area (Å²) in [4.78, 5) is 15.5. The van der Waals surface area contributed by atoms with Gasteiger partial charge in [-0.3, -0.25) is 4.79 Å². The van der Waals surface area contributed by atoms with Crippen LogP contribution in [0.25, 0.3) is 0 Å². The van der Waals surface area contributed by atoms with Crippen LogP contribution in [0.3, 0.4) is 0 Å². The van der Waals surface area contributed by atoms with Crippen molar-refractivity contribution in [2.45, 2.75) is 25.7 Å². The lowest BCUT2D eigenvalue weighted by molar-refractivity contribution is -0.129. The number of carbonyl (C=O) groups excluding carboxylic acids is 1. The molecule has 16 heavy (non-hydrogen) atoms. The van der Waals surface area contributed by atoms with Crippen LogP contribution in [0.2, 0.25) is 0 Å². The number of amides is 1. The Hall–Kier alpha value is -0.610. The maximum absolute atomic E-state index is 11.5. The van der Waals surface area contributed by atoms with E-state index in [1.807, 2.05) is 14.1 Å². The average molecular weight is 227 g/mol. The zero-order valence-corrected chi connectivity index (χ0v) is 10.6. The van der Waals surface area contributed by atoms with E-state index in [9.17, 15) is 4.79 Å². The molecule has 1 unspecified atom stereocenters. The number of hydrogen-bond donors (Lipinski definition) is 1. The average Bonchev–Trinajstić information content (AvgIpc) is 2.26. The summed E-state index contributed by atoms with van der Waals surface area (Å²) in [7, 11) is 3.63. The van der Waals surface area contributed by atoms with E-state index in [4.69, 9.17) is 5.73 Å². The fraction of sp³-hybridized carbons (Fsp3) is 0.917. The Balaban J connectivity index is 2.24. The molecule has 1 atom stereocenters. The van der Waals surface area contributed by atoms with Crippen molar-refractivity contribution in [3.63, 3.8) is 0 Å². The Morgan fingerprint density at radius 1 is 1.50 bits per heavy atom. The number of hydrogen-bond acceptors (Lipinski definition) is 3. The highest BCUT2D eigenvalue weighted by atomic mass is 16.2. The molecule has 0 spiro atoms. The van der Waals surface area contributed by atoms with Crippen LogP contribution in [-0.4, -0.2) is 56.0 Å². The smallest absolute Gasteiger partial charge is 0.223 e. The molecule has 1 aliphatic rings. The topological polar surface area (TPSA) is 49.6 Å². The summed E-state index contributed by atoms with van der Waals surface area (Å²) in [5, 5.41) is 0. The van der Waals surface area contributed by atoms with Crippen molar-refractivity contribution in [3.05, 3.63) is 0 Å². The molecule has 0 aliphatic carbocycles. The van der Waals surface area contributed by atoms with Crippen molar-refractivity contribution in [2.75, 3.05) is 40.3 Å². The lowest BCUT2D eigenvalue weighted by Crippen LogP contribution is -2.38. The minimum atomic E-state index is 0.223. The van der Waals surface area contributed by atoms with Crippen LogP contribution >= 0.6 is 0 Å². The SMILES string of the molecule is CN(C)C(=O)CCN1CCCC(CCN)C1. The predicted octanol–water partition coefficient (Wildman–Crippen LogP) is 0.526. The highest BCUT2D eigenvalue weighted by Gasteiger charge is 2.19. The van der Waals surface area contributed by atoms with Gasteiger partial charge < -0.3 is 15.5 Å². The Labute approximate surface area is 98.8 Å². The highest BCUT2D eigenvalue weighted by molar-refractivity contribution is 5.75. The monoisotopic (exact) mass is 227 g/mol. The summed E-state index contributed by atoms with van der Waals surface area (Å²) >= 11 is 0. The first-order valence-electron chi connectivity index (χ1n) is 6.26. The van der Waals surface area contributed by atoms with Gasteiger partial charge in [-0.25, -0.2) is 0 Å². The molecule has 1 saturated heterocycles. The third-order valence-electron chi connectivity index (χ3n) is 3.32. The molecule has 0 bridgehead atoms. The van der Waals surface area contributed by atoms with Gasteiger partial charge in [-0.15, -0.1) is 0 Å². The second kappa shape index (κ2) is 6.86. The van der Waals surface area contributed by atoms with E-state index >= 15 is 0 Å². The molecule has 1 rings (SSSR count). The molecule has 0 saturated carbocycles. The van der Waals surface area contributed by atoms with Crippen molar-refractivity contribution < 1.29 is 4.79 Å². The number of rotatable bonds is 5. The van der Waals surface area contributed by atoms with Gasteiger partial charge in [0.05, 0.1) is 0 Å². The van der Waals surface area contributed by atoms with Crippen molar-refractivity contribution in [1.29, 1.82) is 0 Å². The number of carbonyl (C=O) groups is 1. The summed E-state index contributed by atoms with van der Waals surface area (Å²) in [6.45, 7) is 3.95. The van der Waals surface area contributed by atoms with Gasteiger partial charge in [0.1, 0.15) is 0 Å². The van der Waals surface area contributed by atoms with Crippen LogP contribution in [0.1, 0.15) is 25.7 Å². The number of likely N-dealkylation sites (tertiary alicyclic amines) is 1. The molecule has 1 fully saturated rings. The fourth-order valence-electron chi connectivity index (χ4n) is 2.30. The first-order valence-corrected chi connectivity index (χ1v) is 6.26. The highest BCUT2D eigenvalue weighted by Crippen LogP contribution is 2.18. The molecule has 0 aromatic rings. The summed E-state index contributed by atoms with van der Waals surface area (Å²) in [6, 6.07) is 0. The molecule has 4 heteroatoms. The Kier molecular flexibility index (Phi) is 5.77. The van der Waals surface area contributed by atoms with Gasteiger partial charge >= 0.3 is 0 Å². The van der Waals surface area contributed by atoms with Crippen LogP contribution < -0.4 is 5.73 Å². The minimum Gasteiger partial charge on any atom is -0.349 e. The summed E-state index contributed by atoms with van der Waals surface area (Å²) in [6.07, 6.45) is 4.32. The number of piperidine rings is 1. The zero-order chi connectivity index (χ0) is 12.0. The predicted molar refractivity (Wildman–Crippen MR) is 66.1 cm³/mol. The van der Waals surface area contributed by atoms with E-state index in [1.54, 1.807) is 4.90 Å².